The minimum atomic E-state index is 0.585. The summed E-state index contributed by atoms with van der Waals surface area (Å²) in [5, 5.41) is 4.80. The van der Waals surface area contributed by atoms with Gasteiger partial charge in [0.25, 0.3) is 0 Å². The van der Waals surface area contributed by atoms with Crippen LogP contribution in [0.5, 0.6) is 0 Å². The molecular formula is C45H29N5. The Morgan fingerprint density at radius 3 is 1.36 bits per heavy atom. The summed E-state index contributed by atoms with van der Waals surface area (Å²) in [4.78, 5) is 15.4. The van der Waals surface area contributed by atoms with Crippen LogP contribution in [0.25, 0.3) is 89.2 Å². The Morgan fingerprint density at radius 1 is 0.320 bits per heavy atom. The van der Waals surface area contributed by atoms with Gasteiger partial charge in [-0.3, -0.25) is 4.57 Å². The van der Waals surface area contributed by atoms with Crippen LogP contribution in [-0.2, 0) is 0 Å². The quantitative estimate of drug-likeness (QED) is 0.188. The maximum Gasteiger partial charge on any atom is 0.238 e. The van der Waals surface area contributed by atoms with Gasteiger partial charge in [0.2, 0.25) is 5.95 Å². The van der Waals surface area contributed by atoms with Crippen LogP contribution in [0.4, 0.5) is 0 Å². The van der Waals surface area contributed by atoms with E-state index in [1.165, 1.54) is 21.8 Å². The van der Waals surface area contributed by atoms with E-state index in [-0.39, 0.29) is 0 Å². The van der Waals surface area contributed by atoms with Crippen LogP contribution in [0.2, 0.25) is 0 Å². The molecule has 0 amide bonds. The lowest BCUT2D eigenvalue weighted by Crippen LogP contribution is -2.06. The second-order valence-electron chi connectivity index (χ2n) is 12.5. The highest BCUT2D eigenvalue weighted by Crippen LogP contribution is 2.37. The molecule has 0 radical (unpaired) electrons. The zero-order chi connectivity index (χ0) is 33.0. The predicted octanol–water partition coefficient (Wildman–Crippen LogP) is 11.1. The Kier molecular flexibility index (Phi) is 6.42. The van der Waals surface area contributed by atoms with Gasteiger partial charge in [0.15, 0.2) is 11.6 Å². The highest BCUT2D eigenvalue weighted by molar-refractivity contribution is 6.10. The Bertz CT molecular complexity index is 2770. The Balaban J connectivity index is 1.18. The van der Waals surface area contributed by atoms with Crippen molar-refractivity contribution >= 4 is 43.6 Å². The molecule has 0 aliphatic heterocycles. The van der Waals surface area contributed by atoms with Gasteiger partial charge in [-0.25, -0.2) is 4.98 Å². The van der Waals surface area contributed by atoms with Crippen molar-refractivity contribution in [3.05, 3.63) is 176 Å². The molecule has 0 saturated carbocycles. The van der Waals surface area contributed by atoms with Crippen LogP contribution in [0.1, 0.15) is 0 Å². The van der Waals surface area contributed by atoms with E-state index in [1.54, 1.807) is 0 Å². The lowest BCUT2D eigenvalue weighted by molar-refractivity contribution is 0.953. The van der Waals surface area contributed by atoms with Gasteiger partial charge in [0.05, 0.1) is 27.8 Å². The summed E-state index contributed by atoms with van der Waals surface area (Å²) >= 11 is 0. The summed E-state index contributed by atoms with van der Waals surface area (Å²) in [6, 6.07) is 61.5. The number of fused-ring (bicyclic) bond motifs is 6. The normalized spacial score (nSPS) is 11.6. The van der Waals surface area contributed by atoms with E-state index in [0.717, 1.165) is 49.7 Å². The Labute approximate surface area is 288 Å². The fourth-order valence-electron chi connectivity index (χ4n) is 7.37. The second-order valence-corrected chi connectivity index (χ2v) is 12.5. The minimum Gasteiger partial charge on any atom is -0.309 e. The lowest BCUT2D eigenvalue weighted by Gasteiger charge is -2.15. The number of rotatable bonds is 5. The summed E-state index contributed by atoms with van der Waals surface area (Å²) in [5.41, 5.74) is 9.65. The first-order chi connectivity index (χ1) is 24.8. The molecule has 0 saturated heterocycles. The maximum absolute atomic E-state index is 5.20. The molecule has 10 rings (SSSR count). The van der Waals surface area contributed by atoms with E-state index in [0.29, 0.717) is 17.6 Å². The minimum absolute atomic E-state index is 0.585. The molecule has 3 aromatic heterocycles. The summed E-state index contributed by atoms with van der Waals surface area (Å²) < 4.78 is 4.53. The van der Waals surface area contributed by atoms with Gasteiger partial charge in [-0.05, 0) is 42.0 Å². The molecule has 0 unspecified atom stereocenters. The standard InChI is InChI=1S/C45H29N5/c1-2-15-30(16-3-1)43-46-44(48-45(47-43)50-41-27-12-7-22-36(41)37-23-8-13-28-42(37)50)32-18-14-17-31(29-32)33-19-4-9-24-38(33)49-39-25-10-5-20-34(39)35-21-6-11-26-40(35)49/h1-29H. The van der Waals surface area contributed by atoms with Gasteiger partial charge >= 0.3 is 0 Å². The highest BCUT2D eigenvalue weighted by atomic mass is 15.2. The maximum atomic E-state index is 5.20. The summed E-state index contributed by atoms with van der Waals surface area (Å²) in [6.07, 6.45) is 0. The van der Waals surface area contributed by atoms with Crippen molar-refractivity contribution in [1.29, 1.82) is 0 Å². The fraction of sp³-hybridized carbons (Fsp3) is 0. The number of aromatic nitrogens is 5. The third kappa shape index (κ3) is 4.45. The van der Waals surface area contributed by atoms with E-state index in [1.807, 2.05) is 30.3 Å². The average Bonchev–Trinajstić information content (AvgIpc) is 3.71. The first-order valence-electron chi connectivity index (χ1n) is 16.8. The molecule has 7 aromatic carbocycles. The van der Waals surface area contributed by atoms with Crippen molar-refractivity contribution in [3.63, 3.8) is 0 Å². The number of hydrogen-bond acceptors (Lipinski definition) is 3. The van der Waals surface area contributed by atoms with E-state index < -0.39 is 0 Å². The molecule has 5 heteroatoms. The highest BCUT2D eigenvalue weighted by Gasteiger charge is 2.19. The van der Waals surface area contributed by atoms with Gasteiger partial charge in [-0.2, -0.15) is 9.97 Å². The third-order valence-corrected chi connectivity index (χ3v) is 9.59. The molecule has 0 aliphatic carbocycles. The number of benzene rings is 7. The van der Waals surface area contributed by atoms with Crippen molar-refractivity contribution in [3.8, 4) is 45.5 Å². The number of para-hydroxylation sites is 5. The van der Waals surface area contributed by atoms with Crippen LogP contribution < -0.4 is 0 Å². The van der Waals surface area contributed by atoms with E-state index >= 15 is 0 Å². The smallest absolute Gasteiger partial charge is 0.238 e. The van der Waals surface area contributed by atoms with Crippen LogP contribution in [-0.4, -0.2) is 24.1 Å². The van der Waals surface area contributed by atoms with Crippen LogP contribution in [0, 0.1) is 0 Å². The average molecular weight is 640 g/mol. The summed E-state index contributed by atoms with van der Waals surface area (Å²) in [5.74, 6) is 1.83. The molecular weight excluding hydrogens is 611 g/mol. The molecule has 234 valence electrons. The second kappa shape index (κ2) is 11.4. The molecule has 5 nitrogen and oxygen atoms in total. The van der Waals surface area contributed by atoms with Crippen LogP contribution in [0.15, 0.2) is 176 Å². The van der Waals surface area contributed by atoms with Crippen LogP contribution >= 0.6 is 0 Å². The first kappa shape index (κ1) is 28.2. The Hall–Kier alpha value is -6.85. The van der Waals surface area contributed by atoms with Crippen LogP contribution in [0.3, 0.4) is 0 Å². The van der Waals surface area contributed by atoms with E-state index in [4.69, 9.17) is 15.0 Å². The molecule has 0 bridgehead atoms. The molecule has 50 heavy (non-hydrogen) atoms. The molecule has 0 atom stereocenters. The Morgan fingerprint density at radius 2 is 0.760 bits per heavy atom. The van der Waals surface area contributed by atoms with Gasteiger partial charge in [0, 0.05) is 38.2 Å². The van der Waals surface area contributed by atoms with Gasteiger partial charge in [-0.1, -0.05) is 140 Å². The van der Waals surface area contributed by atoms with Crippen molar-refractivity contribution in [2.45, 2.75) is 0 Å². The zero-order valence-electron chi connectivity index (χ0n) is 27.0. The molecule has 0 aliphatic rings. The zero-order valence-corrected chi connectivity index (χ0v) is 27.0. The van der Waals surface area contributed by atoms with Crippen molar-refractivity contribution in [2.75, 3.05) is 0 Å². The topological polar surface area (TPSA) is 48.5 Å². The summed E-state index contributed by atoms with van der Waals surface area (Å²) in [6.45, 7) is 0. The SMILES string of the molecule is c1ccc(-c2nc(-c3cccc(-c4ccccc4-n4c5ccccc5c5ccccc54)c3)nc(-n3c4ccccc4c4ccccc43)n2)cc1. The summed E-state index contributed by atoms with van der Waals surface area (Å²) in [7, 11) is 0. The first-order valence-corrected chi connectivity index (χ1v) is 16.8. The van der Waals surface area contributed by atoms with Crippen molar-refractivity contribution in [2.24, 2.45) is 0 Å². The molecule has 0 fully saturated rings. The molecule has 0 N–H and O–H groups in total. The van der Waals surface area contributed by atoms with Gasteiger partial charge in [-0.15, -0.1) is 0 Å². The molecule has 0 spiro atoms. The number of hydrogen-bond donors (Lipinski definition) is 0. The molecule has 10 aromatic rings. The third-order valence-electron chi connectivity index (χ3n) is 9.59. The monoisotopic (exact) mass is 639 g/mol. The largest absolute Gasteiger partial charge is 0.309 e. The van der Waals surface area contributed by atoms with Crippen molar-refractivity contribution in [1.82, 2.24) is 24.1 Å². The van der Waals surface area contributed by atoms with Crippen molar-refractivity contribution < 1.29 is 0 Å². The van der Waals surface area contributed by atoms with Gasteiger partial charge < -0.3 is 4.57 Å². The lowest BCUT2D eigenvalue weighted by atomic mass is 10.0. The number of nitrogens with zero attached hydrogens (tertiary/aromatic N) is 5. The fourth-order valence-corrected chi connectivity index (χ4v) is 7.37. The van der Waals surface area contributed by atoms with E-state index in [2.05, 4.69) is 155 Å². The molecule has 3 heterocycles. The van der Waals surface area contributed by atoms with E-state index in [9.17, 15) is 0 Å². The predicted molar refractivity (Wildman–Crippen MR) is 205 cm³/mol. The van der Waals surface area contributed by atoms with Gasteiger partial charge in [0.1, 0.15) is 0 Å².